The molecular formula is C14H19FN4O. The van der Waals surface area contributed by atoms with Crippen LogP contribution in [0, 0.1) is 5.92 Å². The summed E-state index contributed by atoms with van der Waals surface area (Å²) < 4.78 is 22.4. The number of aromatic nitrogens is 3. The topological polar surface area (TPSA) is 65.4 Å². The molecule has 0 radical (unpaired) electrons. The van der Waals surface area contributed by atoms with Crippen molar-refractivity contribution >= 4 is 11.3 Å². The van der Waals surface area contributed by atoms with Crippen LogP contribution in [0.5, 0.6) is 0 Å². The van der Waals surface area contributed by atoms with Gasteiger partial charge >= 0.3 is 0 Å². The molecule has 1 saturated heterocycles. The third kappa shape index (κ3) is 1.64. The second-order valence-corrected chi connectivity index (χ2v) is 5.59. The molecule has 1 aliphatic heterocycles. The number of nitrogens with zero attached hydrogens (tertiary/aromatic N) is 3. The first-order valence-corrected chi connectivity index (χ1v) is 6.89. The first kappa shape index (κ1) is 13.3. The van der Waals surface area contributed by atoms with Crippen LogP contribution in [0.3, 0.4) is 0 Å². The van der Waals surface area contributed by atoms with E-state index in [1.165, 1.54) is 6.33 Å². The number of alkyl halides is 1. The van der Waals surface area contributed by atoms with E-state index in [4.69, 9.17) is 10.5 Å². The van der Waals surface area contributed by atoms with E-state index in [9.17, 15) is 4.39 Å². The van der Waals surface area contributed by atoms with Crippen molar-refractivity contribution in [2.45, 2.75) is 45.1 Å². The molecule has 0 aliphatic carbocycles. The molecule has 0 bridgehead atoms. The van der Waals surface area contributed by atoms with Crippen LogP contribution < -0.4 is 5.73 Å². The summed E-state index contributed by atoms with van der Waals surface area (Å²) in [7, 11) is 0. The van der Waals surface area contributed by atoms with Crippen LogP contribution in [0.4, 0.5) is 10.2 Å². The molecule has 3 heterocycles. The lowest BCUT2D eigenvalue weighted by Crippen LogP contribution is -2.33. The molecule has 0 spiro atoms. The molecule has 108 valence electrons. The van der Waals surface area contributed by atoms with E-state index in [1.807, 2.05) is 19.9 Å². The van der Waals surface area contributed by atoms with Crippen molar-refractivity contribution in [2.75, 3.05) is 5.73 Å². The van der Waals surface area contributed by atoms with Gasteiger partial charge in [0, 0.05) is 5.92 Å². The molecule has 0 aromatic carbocycles. The van der Waals surface area contributed by atoms with Gasteiger partial charge in [-0.25, -0.2) is 13.9 Å². The zero-order valence-electron chi connectivity index (χ0n) is 11.9. The third-order valence-electron chi connectivity index (χ3n) is 4.36. The minimum absolute atomic E-state index is 0.0836. The summed E-state index contributed by atoms with van der Waals surface area (Å²) >= 11 is 0. The van der Waals surface area contributed by atoms with Crippen molar-refractivity contribution in [1.29, 1.82) is 0 Å². The van der Waals surface area contributed by atoms with Gasteiger partial charge in [0.25, 0.3) is 0 Å². The second-order valence-electron chi connectivity index (χ2n) is 5.59. The highest BCUT2D eigenvalue weighted by Gasteiger charge is 2.52. The Bertz CT molecular complexity index is 643. The van der Waals surface area contributed by atoms with Gasteiger partial charge in [-0.05, 0) is 25.5 Å². The summed E-state index contributed by atoms with van der Waals surface area (Å²) in [6.45, 7) is 5.68. The number of nitrogens with two attached hydrogens (primary N) is 1. The Morgan fingerprint density at radius 3 is 2.90 bits per heavy atom. The lowest BCUT2D eigenvalue weighted by atomic mass is 9.89. The number of hydrogen-bond acceptors (Lipinski definition) is 4. The molecule has 5 nitrogen and oxygen atoms in total. The summed E-state index contributed by atoms with van der Waals surface area (Å²) in [4.78, 5) is 3.95. The smallest absolute Gasteiger partial charge is 0.151 e. The molecule has 2 N–H and O–H groups in total. The number of hydrogen-bond donors (Lipinski definition) is 1. The van der Waals surface area contributed by atoms with Gasteiger partial charge in [-0.15, -0.1) is 0 Å². The van der Waals surface area contributed by atoms with Crippen LogP contribution in [-0.2, 0) is 10.3 Å². The Morgan fingerprint density at radius 2 is 2.25 bits per heavy atom. The van der Waals surface area contributed by atoms with Crippen molar-refractivity contribution in [3.05, 3.63) is 24.2 Å². The maximum Gasteiger partial charge on any atom is 0.151 e. The number of ether oxygens (including phenoxy) is 1. The standard InChI is InChI=1S/C14H19FN4O/c1-4-10-8(2)12(15)14(3,20-10)11-6-5-9-13(16)17-7-18-19(9)11/h5-8,10,12H,4H2,1-3H3,(H2,16,17,18)/t8-,10-,12-,14?/m1/s1. The fourth-order valence-electron chi connectivity index (χ4n) is 3.16. The van der Waals surface area contributed by atoms with E-state index >= 15 is 0 Å². The molecule has 1 fully saturated rings. The Labute approximate surface area is 116 Å². The zero-order chi connectivity index (χ0) is 14.5. The first-order chi connectivity index (χ1) is 9.49. The molecule has 0 amide bonds. The lowest BCUT2D eigenvalue weighted by molar-refractivity contribution is -0.0612. The Hall–Kier alpha value is -1.69. The summed E-state index contributed by atoms with van der Waals surface area (Å²) in [5.41, 5.74) is 6.16. The van der Waals surface area contributed by atoms with Crippen LogP contribution in [0.1, 0.15) is 32.9 Å². The zero-order valence-corrected chi connectivity index (χ0v) is 11.9. The monoisotopic (exact) mass is 278 g/mol. The summed E-state index contributed by atoms with van der Waals surface area (Å²) in [6.07, 6.45) is 0.997. The Kier molecular flexibility index (Phi) is 2.93. The van der Waals surface area contributed by atoms with Crippen molar-refractivity contribution < 1.29 is 9.13 Å². The molecule has 6 heteroatoms. The van der Waals surface area contributed by atoms with Gasteiger partial charge in [0.1, 0.15) is 23.6 Å². The molecule has 3 rings (SSSR count). The van der Waals surface area contributed by atoms with Crippen molar-refractivity contribution in [3.63, 3.8) is 0 Å². The molecule has 0 saturated carbocycles. The van der Waals surface area contributed by atoms with Gasteiger partial charge in [-0.2, -0.15) is 5.10 Å². The third-order valence-corrected chi connectivity index (χ3v) is 4.36. The molecule has 2 aromatic rings. The number of halogens is 1. The largest absolute Gasteiger partial charge is 0.382 e. The van der Waals surface area contributed by atoms with Gasteiger partial charge in [-0.3, -0.25) is 0 Å². The van der Waals surface area contributed by atoms with Gasteiger partial charge in [0.15, 0.2) is 5.82 Å². The SMILES string of the molecule is CC[C@H]1OC(C)(c2ccc3c(N)ncnn23)[C@H](F)[C@@H]1C. The number of anilines is 1. The van der Waals surface area contributed by atoms with E-state index in [1.54, 1.807) is 17.5 Å². The van der Waals surface area contributed by atoms with Crippen molar-refractivity contribution in [1.82, 2.24) is 14.6 Å². The lowest BCUT2D eigenvalue weighted by Gasteiger charge is -2.26. The predicted molar refractivity (Wildman–Crippen MR) is 74.0 cm³/mol. The fourth-order valence-corrected chi connectivity index (χ4v) is 3.16. The molecule has 1 unspecified atom stereocenters. The quantitative estimate of drug-likeness (QED) is 0.915. The van der Waals surface area contributed by atoms with Gasteiger partial charge in [0.2, 0.25) is 0 Å². The van der Waals surface area contributed by atoms with E-state index in [-0.39, 0.29) is 12.0 Å². The van der Waals surface area contributed by atoms with Crippen LogP contribution in [0.25, 0.3) is 5.52 Å². The van der Waals surface area contributed by atoms with E-state index in [0.29, 0.717) is 17.0 Å². The van der Waals surface area contributed by atoms with E-state index < -0.39 is 11.8 Å². The second kappa shape index (κ2) is 4.41. The van der Waals surface area contributed by atoms with Crippen molar-refractivity contribution in [3.8, 4) is 0 Å². The minimum Gasteiger partial charge on any atom is -0.382 e. The van der Waals surface area contributed by atoms with Gasteiger partial charge in [-0.1, -0.05) is 13.8 Å². The van der Waals surface area contributed by atoms with Gasteiger partial charge < -0.3 is 10.5 Å². The number of rotatable bonds is 2. The summed E-state index contributed by atoms with van der Waals surface area (Å²) in [5, 5.41) is 4.18. The molecule has 20 heavy (non-hydrogen) atoms. The van der Waals surface area contributed by atoms with Crippen LogP contribution in [0.2, 0.25) is 0 Å². The minimum atomic E-state index is -1.08. The average Bonchev–Trinajstić information content (AvgIpc) is 2.96. The highest BCUT2D eigenvalue weighted by atomic mass is 19.1. The summed E-state index contributed by atoms with van der Waals surface area (Å²) in [6, 6.07) is 3.62. The van der Waals surface area contributed by atoms with Crippen LogP contribution >= 0.6 is 0 Å². The predicted octanol–water partition coefficient (Wildman–Crippen LogP) is 2.31. The first-order valence-electron chi connectivity index (χ1n) is 6.89. The maximum absolute atomic E-state index is 14.8. The number of nitrogen functional groups attached to an aromatic ring is 1. The number of fused-ring (bicyclic) bond motifs is 1. The Morgan fingerprint density at radius 1 is 1.50 bits per heavy atom. The highest BCUT2D eigenvalue weighted by Crippen LogP contribution is 2.45. The molecular weight excluding hydrogens is 259 g/mol. The normalized spacial score (nSPS) is 33.9. The Balaban J connectivity index is 2.13. The van der Waals surface area contributed by atoms with Crippen LogP contribution in [0.15, 0.2) is 18.5 Å². The van der Waals surface area contributed by atoms with Gasteiger partial charge in [0.05, 0.1) is 11.8 Å². The molecule has 2 aromatic heterocycles. The van der Waals surface area contributed by atoms with E-state index in [0.717, 1.165) is 6.42 Å². The maximum atomic E-state index is 14.8. The van der Waals surface area contributed by atoms with Crippen LogP contribution in [-0.4, -0.2) is 26.9 Å². The van der Waals surface area contributed by atoms with E-state index in [2.05, 4.69) is 10.1 Å². The van der Waals surface area contributed by atoms with Crippen molar-refractivity contribution in [2.24, 2.45) is 5.92 Å². The molecule has 4 atom stereocenters. The molecule has 1 aliphatic rings. The highest BCUT2D eigenvalue weighted by molar-refractivity contribution is 5.65. The summed E-state index contributed by atoms with van der Waals surface area (Å²) in [5.74, 6) is 0.234. The average molecular weight is 278 g/mol. The fraction of sp³-hybridized carbons (Fsp3) is 0.571.